The van der Waals surface area contributed by atoms with Gasteiger partial charge in [-0.2, -0.15) is 0 Å². The van der Waals surface area contributed by atoms with Crippen LogP contribution in [0.5, 0.6) is 0 Å². The molecule has 0 saturated carbocycles. The molecule has 2 N–H and O–H groups in total. The fourth-order valence-corrected chi connectivity index (χ4v) is 1.83. The summed E-state index contributed by atoms with van der Waals surface area (Å²) in [6, 6.07) is 8.13. The molecule has 17 heavy (non-hydrogen) atoms. The lowest BCUT2D eigenvalue weighted by molar-refractivity contribution is -0.142. The second-order valence-electron chi connectivity index (χ2n) is 4.31. The monoisotopic (exact) mass is 235 g/mol. The number of ether oxygens (including phenoxy) is 1. The Labute approximate surface area is 103 Å². The predicted molar refractivity (Wildman–Crippen MR) is 68.6 cm³/mol. The third-order valence-electron chi connectivity index (χ3n) is 3.26. The highest BCUT2D eigenvalue weighted by Crippen LogP contribution is 2.26. The van der Waals surface area contributed by atoms with Gasteiger partial charge in [-0.25, -0.2) is 0 Å². The molecule has 0 spiro atoms. The molecule has 0 fully saturated rings. The molecule has 3 nitrogen and oxygen atoms in total. The zero-order valence-corrected chi connectivity index (χ0v) is 10.8. The first-order chi connectivity index (χ1) is 8.05. The van der Waals surface area contributed by atoms with E-state index in [1.807, 2.05) is 19.1 Å². The molecule has 0 aliphatic rings. The number of hydrogen-bond donors (Lipinski definition) is 1. The first-order valence-electron chi connectivity index (χ1n) is 6.00. The summed E-state index contributed by atoms with van der Waals surface area (Å²) in [7, 11) is 1.39. The second-order valence-corrected chi connectivity index (χ2v) is 4.31. The fourth-order valence-electron chi connectivity index (χ4n) is 1.83. The Kier molecular flexibility index (Phi) is 4.70. The molecule has 1 unspecified atom stereocenters. The maximum absolute atomic E-state index is 11.4. The maximum Gasteiger partial charge on any atom is 0.307 e. The van der Waals surface area contributed by atoms with E-state index in [1.165, 1.54) is 12.7 Å². The lowest BCUT2D eigenvalue weighted by atomic mass is 9.85. The molecule has 0 bridgehead atoms. The van der Waals surface area contributed by atoms with Crippen molar-refractivity contribution >= 4 is 5.97 Å². The smallest absolute Gasteiger partial charge is 0.307 e. The minimum Gasteiger partial charge on any atom is -0.469 e. The van der Waals surface area contributed by atoms with Gasteiger partial charge in [-0.3, -0.25) is 4.79 Å². The Hall–Kier alpha value is -1.35. The Morgan fingerprint density at radius 2 is 1.88 bits per heavy atom. The quantitative estimate of drug-likeness (QED) is 0.797. The number of benzene rings is 1. The van der Waals surface area contributed by atoms with Gasteiger partial charge in [0.2, 0.25) is 0 Å². The normalized spacial score (nSPS) is 14.1. The fraction of sp³-hybridized carbons (Fsp3) is 0.500. The first-order valence-corrected chi connectivity index (χ1v) is 6.00. The van der Waals surface area contributed by atoms with Crippen LogP contribution in [0.1, 0.15) is 37.8 Å². The summed E-state index contributed by atoms with van der Waals surface area (Å²) in [5.41, 5.74) is 7.92. The highest BCUT2D eigenvalue weighted by molar-refractivity contribution is 5.71. The zero-order chi connectivity index (χ0) is 12.9. The summed E-state index contributed by atoms with van der Waals surface area (Å²) in [6.07, 6.45) is 1.92. The maximum atomic E-state index is 11.4. The average molecular weight is 235 g/mol. The van der Waals surface area contributed by atoms with Gasteiger partial charge in [0.05, 0.1) is 19.1 Å². The van der Waals surface area contributed by atoms with Crippen LogP contribution in [0.3, 0.4) is 0 Å². The number of hydrogen-bond acceptors (Lipinski definition) is 3. The van der Waals surface area contributed by atoms with Gasteiger partial charge in [0, 0.05) is 0 Å². The van der Waals surface area contributed by atoms with E-state index in [2.05, 4.69) is 19.1 Å². The van der Waals surface area contributed by atoms with Crippen LogP contribution in [0.2, 0.25) is 0 Å². The van der Waals surface area contributed by atoms with E-state index in [0.29, 0.717) is 6.42 Å². The van der Waals surface area contributed by atoms with E-state index >= 15 is 0 Å². The number of esters is 1. The number of aryl methyl sites for hydroxylation is 1. The summed E-state index contributed by atoms with van der Waals surface area (Å²) >= 11 is 0. The Balaban J connectivity index is 2.94. The molecule has 0 heterocycles. The molecule has 0 amide bonds. The van der Waals surface area contributed by atoms with E-state index in [-0.39, 0.29) is 12.4 Å². The Morgan fingerprint density at radius 3 is 2.29 bits per heavy atom. The van der Waals surface area contributed by atoms with Crippen LogP contribution in [0.15, 0.2) is 24.3 Å². The third-order valence-corrected chi connectivity index (χ3v) is 3.26. The van der Waals surface area contributed by atoms with Crippen molar-refractivity contribution in [3.05, 3.63) is 35.4 Å². The van der Waals surface area contributed by atoms with Crippen LogP contribution in [-0.2, 0) is 21.5 Å². The van der Waals surface area contributed by atoms with Crippen LogP contribution in [0.4, 0.5) is 0 Å². The topological polar surface area (TPSA) is 52.3 Å². The molecule has 3 heteroatoms. The van der Waals surface area contributed by atoms with Gasteiger partial charge in [-0.1, -0.05) is 38.1 Å². The molecule has 1 aromatic rings. The number of rotatable bonds is 5. The molecular weight excluding hydrogens is 214 g/mol. The van der Waals surface area contributed by atoms with E-state index in [0.717, 1.165) is 12.0 Å². The van der Waals surface area contributed by atoms with E-state index in [9.17, 15) is 4.79 Å². The average Bonchev–Trinajstić information content (AvgIpc) is 2.38. The number of nitrogens with two attached hydrogens (primary N) is 1. The highest BCUT2D eigenvalue weighted by atomic mass is 16.5. The van der Waals surface area contributed by atoms with Crippen LogP contribution >= 0.6 is 0 Å². The van der Waals surface area contributed by atoms with Crippen LogP contribution in [0, 0.1) is 0 Å². The summed E-state index contributed by atoms with van der Waals surface area (Å²) < 4.78 is 4.70. The van der Waals surface area contributed by atoms with Crippen LogP contribution in [-0.4, -0.2) is 13.1 Å². The minimum absolute atomic E-state index is 0.214. The van der Waals surface area contributed by atoms with Gasteiger partial charge in [-0.05, 0) is 24.0 Å². The summed E-state index contributed by atoms with van der Waals surface area (Å²) in [5.74, 6) is -0.270. The van der Waals surface area contributed by atoms with Gasteiger partial charge < -0.3 is 10.5 Å². The molecule has 1 atom stereocenters. The van der Waals surface area contributed by atoms with Crippen molar-refractivity contribution in [2.24, 2.45) is 5.73 Å². The van der Waals surface area contributed by atoms with Crippen molar-refractivity contribution in [1.82, 2.24) is 0 Å². The van der Waals surface area contributed by atoms with Crippen molar-refractivity contribution in [1.29, 1.82) is 0 Å². The van der Waals surface area contributed by atoms with Gasteiger partial charge in [0.25, 0.3) is 0 Å². The lowest BCUT2D eigenvalue weighted by Crippen LogP contribution is -2.38. The van der Waals surface area contributed by atoms with Crippen molar-refractivity contribution < 1.29 is 9.53 Å². The van der Waals surface area contributed by atoms with Crippen molar-refractivity contribution in [2.45, 2.75) is 38.6 Å². The number of carbonyl (C=O) groups is 1. The SMILES string of the molecule is CCc1ccc(C(N)(CC)CC(=O)OC)cc1. The highest BCUT2D eigenvalue weighted by Gasteiger charge is 2.28. The van der Waals surface area contributed by atoms with Crippen molar-refractivity contribution in [2.75, 3.05) is 7.11 Å². The molecule has 94 valence electrons. The van der Waals surface area contributed by atoms with E-state index in [1.54, 1.807) is 0 Å². The van der Waals surface area contributed by atoms with E-state index < -0.39 is 5.54 Å². The molecule has 1 rings (SSSR count). The lowest BCUT2D eigenvalue weighted by Gasteiger charge is -2.27. The van der Waals surface area contributed by atoms with Gasteiger partial charge in [-0.15, -0.1) is 0 Å². The van der Waals surface area contributed by atoms with Gasteiger partial charge in [0.1, 0.15) is 0 Å². The number of methoxy groups -OCH3 is 1. The summed E-state index contributed by atoms with van der Waals surface area (Å²) in [6.45, 7) is 4.09. The summed E-state index contributed by atoms with van der Waals surface area (Å²) in [5, 5.41) is 0. The predicted octanol–water partition coefficient (Wildman–Crippen LogP) is 2.38. The molecule has 0 saturated heterocycles. The van der Waals surface area contributed by atoms with Crippen LogP contribution < -0.4 is 5.73 Å². The van der Waals surface area contributed by atoms with E-state index in [4.69, 9.17) is 10.5 Å². The molecule has 1 aromatic carbocycles. The minimum atomic E-state index is -0.626. The molecule has 0 aromatic heterocycles. The van der Waals surface area contributed by atoms with Crippen molar-refractivity contribution in [3.63, 3.8) is 0 Å². The second kappa shape index (κ2) is 5.82. The van der Waals surface area contributed by atoms with Crippen molar-refractivity contribution in [3.8, 4) is 0 Å². The number of carbonyl (C=O) groups excluding carboxylic acids is 1. The largest absolute Gasteiger partial charge is 0.469 e. The van der Waals surface area contributed by atoms with Gasteiger partial charge >= 0.3 is 5.97 Å². The Morgan fingerprint density at radius 1 is 1.29 bits per heavy atom. The third kappa shape index (κ3) is 3.30. The Bertz CT molecular complexity index is 372. The molecule has 0 aliphatic carbocycles. The molecular formula is C14H21NO2. The summed E-state index contributed by atoms with van der Waals surface area (Å²) in [4.78, 5) is 11.4. The first kappa shape index (κ1) is 13.7. The van der Waals surface area contributed by atoms with Gasteiger partial charge in [0.15, 0.2) is 0 Å². The molecule has 0 aliphatic heterocycles. The molecule has 0 radical (unpaired) electrons. The van der Waals surface area contributed by atoms with Crippen LogP contribution in [0.25, 0.3) is 0 Å². The zero-order valence-electron chi connectivity index (χ0n) is 10.8. The standard InChI is InChI=1S/C14H21NO2/c1-4-11-6-8-12(9-7-11)14(15,5-2)10-13(16)17-3/h6-9H,4-5,10,15H2,1-3H3.